The minimum absolute atomic E-state index is 0. The van der Waals surface area contributed by atoms with Gasteiger partial charge in [0.05, 0.1) is 0 Å². The van der Waals surface area contributed by atoms with E-state index in [1.807, 2.05) is 0 Å². The van der Waals surface area contributed by atoms with Crippen molar-refractivity contribution in [2.45, 2.75) is 26.2 Å². The van der Waals surface area contributed by atoms with Crippen LogP contribution in [0.3, 0.4) is 0 Å². The molecule has 0 heterocycles. The van der Waals surface area contributed by atoms with Gasteiger partial charge in [0.1, 0.15) is 0 Å². The minimum atomic E-state index is 0. The van der Waals surface area contributed by atoms with E-state index in [1.165, 1.54) is 24.8 Å². The van der Waals surface area contributed by atoms with Gasteiger partial charge < -0.3 is 0 Å². The van der Waals surface area contributed by atoms with Crippen LogP contribution in [-0.2, 0) is 28.1 Å². The van der Waals surface area contributed by atoms with Gasteiger partial charge in [-0.25, -0.2) is 12.1 Å². The summed E-state index contributed by atoms with van der Waals surface area (Å²) in [5.74, 6) is 0. The molecule has 0 saturated carbocycles. The van der Waals surface area contributed by atoms with Gasteiger partial charge in [0.25, 0.3) is 0 Å². The van der Waals surface area contributed by atoms with Gasteiger partial charge in [0, 0.05) is 21.7 Å². The molecular formula is C9H13Ti-. The topological polar surface area (TPSA) is 0 Å². The van der Waals surface area contributed by atoms with Gasteiger partial charge in [-0.3, -0.25) is 0 Å². The van der Waals surface area contributed by atoms with Crippen molar-refractivity contribution in [2.75, 3.05) is 0 Å². The quantitative estimate of drug-likeness (QED) is 0.482. The van der Waals surface area contributed by atoms with Crippen LogP contribution in [0.2, 0.25) is 0 Å². The Bertz CT molecular complexity index is 142. The summed E-state index contributed by atoms with van der Waals surface area (Å²) in [4.78, 5) is 0. The first-order valence-electron chi connectivity index (χ1n) is 3.64. The first-order chi connectivity index (χ1) is 4.43. The molecule has 1 aromatic carbocycles. The maximum Gasteiger partial charge on any atom is 0 e. The Morgan fingerprint density at radius 1 is 1.20 bits per heavy atom. The first-order valence-corrected chi connectivity index (χ1v) is 3.64. The molecule has 0 aliphatic rings. The Morgan fingerprint density at radius 2 is 1.80 bits per heavy atom. The van der Waals surface area contributed by atoms with Crippen molar-refractivity contribution in [1.82, 2.24) is 0 Å². The number of hydrogen-bond donors (Lipinski definition) is 0. The predicted octanol–water partition coefficient (Wildman–Crippen LogP) is 2.75. The van der Waals surface area contributed by atoms with Crippen molar-refractivity contribution < 1.29 is 21.7 Å². The number of rotatable bonds is 3. The van der Waals surface area contributed by atoms with Crippen LogP contribution < -0.4 is 0 Å². The van der Waals surface area contributed by atoms with Gasteiger partial charge in [0.2, 0.25) is 0 Å². The zero-order valence-electron chi connectivity index (χ0n) is 6.43. The molecule has 0 atom stereocenters. The molecule has 1 heteroatoms. The van der Waals surface area contributed by atoms with Crippen LogP contribution in [0, 0.1) is 0 Å². The SMILES string of the molecule is CCCC[c-]1cccc1.[Ti]. The molecule has 0 spiro atoms. The standard InChI is InChI=1S/C9H13.Ti/c1-2-3-6-9-7-4-5-8-9;/h4-5,7-8H,2-3,6H2,1H3;/q-1;. The van der Waals surface area contributed by atoms with Gasteiger partial charge in [-0.2, -0.15) is 17.7 Å². The van der Waals surface area contributed by atoms with Crippen molar-refractivity contribution in [3.8, 4) is 0 Å². The second-order valence-corrected chi connectivity index (χ2v) is 2.40. The van der Waals surface area contributed by atoms with E-state index < -0.39 is 0 Å². The smallest absolute Gasteiger partial charge is 0 e. The van der Waals surface area contributed by atoms with Gasteiger partial charge in [-0.15, -0.1) is 0 Å². The van der Waals surface area contributed by atoms with E-state index in [-0.39, 0.29) is 21.7 Å². The maximum absolute atomic E-state index is 2.23. The maximum atomic E-state index is 2.23. The molecule has 0 aromatic heterocycles. The van der Waals surface area contributed by atoms with Crippen LogP contribution in [-0.4, -0.2) is 0 Å². The summed E-state index contributed by atoms with van der Waals surface area (Å²) in [5.41, 5.74) is 1.48. The summed E-state index contributed by atoms with van der Waals surface area (Å²) in [7, 11) is 0. The fraction of sp³-hybridized carbons (Fsp3) is 0.444. The van der Waals surface area contributed by atoms with E-state index in [0.717, 1.165) is 0 Å². The van der Waals surface area contributed by atoms with Crippen LogP contribution >= 0.6 is 0 Å². The third-order valence-corrected chi connectivity index (χ3v) is 1.55. The molecule has 0 saturated heterocycles. The molecule has 1 rings (SSSR count). The monoisotopic (exact) mass is 169 g/mol. The second-order valence-electron chi connectivity index (χ2n) is 2.40. The van der Waals surface area contributed by atoms with E-state index in [0.29, 0.717) is 0 Å². The molecule has 0 fully saturated rings. The van der Waals surface area contributed by atoms with E-state index in [2.05, 4.69) is 31.2 Å². The summed E-state index contributed by atoms with van der Waals surface area (Å²) in [6.45, 7) is 2.23. The molecule has 10 heavy (non-hydrogen) atoms. The molecule has 0 amide bonds. The number of hydrogen-bond acceptors (Lipinski definition) is 0. The average molecular weight is 169 g/mol. The summed E-state index contributed by atoms with van der Waals surface area (Å²) < 4.78 is 0. The predicted molar refractivity (Wildman–Crippen MR) is 40.6 cm³/mol. The molecule has 0 nitrogen and oxygen atoms in total. The molecule has 54 valence electrons. The summed E-state index contributed by atoms with van der Waals surface area (Å²) in [6, 6.07) is 8.58. The molecule has 0 aliphatic heterocycles. The molecule has 0 bridgehead atoms. The average Bonchev–Trinajstić information content (AvgIpc) is 2.34. The fourth-order valence-corrected chi connectivity index (χ4v) is 0.961. The van der Waals surface area contributed by atoms with Crippen LogP contribution in [0.4, 0.5) is 0 Å². The van der Waals surface area contributed by atoms with Crippen molar-refractivity contribution in [1.29, 1.82) is 0 Å². The van der Waals surface area contributed by atoms with Gasteiger partial charge in [-0.05, 0) is 0 Å². The summed E-state index contributed by atoms with van der Waals surface area (Å²) in [5, 5.41) is 0. The molecule has 0 aliphatic carbocycles. The van der Waals surface area contributed by atoms with Crippen molar-refractivity contribution >= 4 is 0 Å². The molecule has 0 radical (unpaired) electrons. The van der Waals surface area contributed by atoms with Crippen LogP contribution in [0.5, 0.6) is 0 Å². The van der Waals surface area contributed by atoms with Crippen molar-refractivity contribution in [3.05, 3.63) is 29.8 Å². The normalized spacial score (nSPS) is 8.90. The first kappa shape index (κ1) is 10.1. The Hall–Kier alpha value is 0.0643. The van der Waals surface area contributed by atoms with Crippen molar-refractivity contribution in [3.63, 3.8) is 0 Å². The third kappa shape index (κ3) is 3.29. The molecule has 0 unspecified atom stereocenters. The summed E-state index contributed by atoms with van der Waals surface area (Å²) in [6.07, 6.45) is 3.87. The number of unbranched alkanes of at least 4 members (excludes halogenated alkanes) is 1. The second kappa shape index (κ2) is 5.82. The fourth-order valence-electron chi connectivity index (χ4n) is 0.961. The van der Waals surface area contributed by atoms with Gasteiger partial charge in [-0.1, -0.05) is 26.2 Å². The van der Waals surface area contributed by atoms with Crippen molar-refractivity contribution in [2.24, 2.45) is 0 Å². The minimum Gasteiger partial charge on any atom is -0.213 e. The molecular weight excluding hydrogens is 156 g/mol. The summed E-state index contributed by atoms with van der Waals surface area (Å²) >= 11 is 0. The third-order valence-electron chi connectivity index (χ3n) is 1.55. The van der Waals surface area contributed by atoms with Crippen LogP contribution in [0.15, 0.2) is 24.3 Å². The van der Waals surface area contributed by atoms with E-state index in [1.54, 1.807) is 0 Å². The zero-order valence-corrected chi connectivity index (χ0v) is 7.99. The Labute approximate surface area is 77.9 Å². The Morgan fingerprint density at radius 3 is 2.30 bits per heavy atom. The zero-order chi connectivity index (χ0) is 6.53. The Balaban J connectivity index is 0.000000810. The largest absolute Gasteiger partial charge is 0.213 e. The van der Waals surface area contributed by atoms with Gasteiger partial charge in [0.15, 0.2) is 0 Å². The molecule has 1 aromatic rings. The van der Waals surface area contributed by atoms with E-state index in [9.17, 15) is 0 Å². The van der Waals surface area contributed by atoms with E-state index >= 15 is 0 Å². The number of aryl methyl sites for hydroxylation is 1. The Kier molecular flexibility index (Phi) is 5.86. The molecule has 0 N–H and O–H groups in total. The van der Waals surface area contributed by atoms with Gasteiger partial charge >= 0.3 is 0 Å². The van der Waals surface area contributed by atoms with Crippen LogP contribution in [0.1, 0.15) is 25.3 Å². The van der Waals surface area contributed by atoms with Crippen LogP contribution in [0.25, 0.3) is 0 Å². The van der Waals surface area contributed by atoms with E-state index in [4.69, 9.17) is 0 Å².